The summed E-state index contributed by atoms with van der Waals surface area (Å²) in [7, 11) is 0. The fourth-order valence-electron chi connectivity index (χ4n) is 1.62. The van der Waals surface area contributed by atoms with Crippen LogP contribution in [-0.4, -0.2) is 29.7 Å². The van der Waals surface area contributed by atoms with Gasteiger partial charge in [-0.1, -0.05) is 13.8 Å². The summed E-state index contributed by atoms with van der Waals surface area (Å²) in [5, 5.41) is 3.28. The van der Waals surface area contributed by atoms with Crippen molar-refractivity contribution in [3.05, 3.63) is 16.5 Å². The predicted molar refractivity (Wildman–Crippen MR) is 75.9 cm³/mol. The Morgan fingerprint density at radius 3 is 2.89 bits per heavy atom. The molecule has 1 fully saturated rings. The summed E-state index contributed by atoms with van der Waals surface area (Å²) in [6.45, 7) is 6.59. The molecule has 4 nitrogen and oxygen atoms in total. The normalized spacial score (nSPS) is 15.1. The van der Waals surface area contributed by atoms with Crippen molar-refractivity contribution in [1.82, 2.24) is 9.97 Å². The molecule has 1 aromatic heterocycles. The second-order valence-corrected chi connectivity index (χ2v) is 5.92. The van der Waals surface area contributed by atoms with Crippen LogP contribution in [0.15, 0.2) is 10.7 Å². The number of hydrogen-bond acceptors (Lipinski definition) is 4. The number of hydrogen-bond donors (Lipinski definition) is 1. The molecular weight excluding hydrogens is 294 g/mol. The first-order chi connectivity index (χ1) is 8.65. The molecule has 1 aromatic rings. The molecule has 0 radical (unpaired) electrons. The van der Waals surface area contributed by atoms with Crippen LogP contribution in [0, 0.1) is 5.92 Å². The maximum Gasteiger partial charge on any atom is 0.135 e. The zero-order valence-corrected chi connectivity index (χ0v) is 12.5. The molecular formula is C13H20BrN3O. The van der Waals surface area contributed by atoms with E-state index in [2.05, 4.69) is 45.1 Å². The van der Waals surface area contributed by atoms with Gasteiger partial charge < -0.3 is 10.1 Å². The molecule has 18 heavy (non-hydrogen) atoms. The molecule has 0 atom stereocenters. The van der Waals surface area contributed by atoms with Crippen LogP contribution in [0.2, 0.25) is 0 Å². The van der Waals surface area contributed by atoms with Crippen LogP contribution in [-0.2, 0) is 4.74 Å². The molecule has 1 aliphatic carbocycles. The van der Waals surface area contributed by atoms with Crippen molar-refractivity contribution in [2.45, 2.75) is 32.6 Å². The van der Waals surface area contributed by atoms with Crippen molar-refractivity contribution in [1.29, 1.82) is 0 Å². The van der Waals surface area contributed by atoms with E-state index in [0.717, 1.165) is 29.4 Å². The summed E-state index contributed by atoms with van der Waals surface area (Å²) in [5.41, 5.74) is 0. The zero-order valence-electron chi connectivity index (χ0n) is 10.9. The minimum Gasteiger partial charge on any atom is -0.379 e. The van der Waals surface area contributed by atoms with Gasteiger partial charge >= 0.3 is 0 Å². The Balaban J connectivity index is 1.78. The molecule has 0 saturated heterocycles. The first-order valence-corrected chi connectivity index (χ1v) is 7.30. The first kappa shape index (κ1) is 13.7. The molecule has 0 unspecified atom stereocenters. The van der Waals surface area contributed by atoms with E-state index in [9.17, 15) is 0 Å². The molecule has 2 rings (SSSR count). The average Bonchev–Trinajstić information content (AvgIpc) is 3.11. The largest absolute Gasteiger partial charge is 0.379 e. The molecule has 0 amide bonds. The second kappa shape index (κ2) is 6.48. The number of anilines is 1. The molecule has 0 aromatic carbocycles. The van der Waals surface area contributed by atoms with E-state index in [1.807, 2.05) is 6.07 Å². The molecule has 1 aliphatic rings. The van der Waals surface area contributed by atoms with Gasteiger partial charge in [0.2, 0.25) is 0 Å². The lowest BCUT2D eigenvalue weighted by Crippen LogP contribution is -2.13. The van der Waals surface area contributed by atoms with Crippen LogP contribution in [0.5, 0.6) is 0 Å². The topological polar surface area (TPSA) is 47.0 Å². The summed E-state index contributed by atoms with van der Waals surface area (Å²) < 4.78 is 6.37. The molecule has 1 N–H and O–H groups in total. The van der Waals surface area contributed by atoms with Crippen LogP contribution in [0.1, 0.15) is 38.4 Å². The molecule has 5 heteroatoms. The maximum atomic E-state index is 5.52. The number of nitrogens with zero attached hydrogens (tertiary/aromatic N) is 2. The van der Waals surface area contributed by atoms with Gasteiger partial charge in [0.15, 0.2) is 0 Å². The van der Waals surface area contributed by atoms with Gasteiger partial charge in [0.05, 0.1) is 6.61 Å². The fourth-order valence-corrected chi connectivity index (χ4v) is 2.02. The lowest BCUT2D eigenvalue weighted by molar-refractivity contribution is 0.118. The van der Waals surface area contributed by atoms with E-state index >= 15 is 0 Å². The van der Waals surface area contributed by atoms with E-state index in [1.165, 1.54) is 12.8 Å². The third-order valence-corrected chi connectivity index (χ3v) is 3.06. The summed E-state index contributed by atoms with van der Waals surface area (Å²) in [5.74, 6) is 2.99. The van der Waals surface area contributed by atoms with E-state index in [1.54, 1.807) is 0 Å². The third-order valence-electron chi connectivity index (χ3n) is 2.66. The number of nitrogens with one attached hydrogen (secondary N) is 1. The van der Waals surface area contributed by atoms with Crippen LogP contribution < -0.4 is 5.32 Å². The van der Waals surface area contributed by atoms with Crippen LogP contribution in [0.3, 0.4) is 0 Å². The van der Waals surface area contributed by atoms with Gasteiger partial charge in [0.25, 0.3) is 0 Å². The minimum absolute atomic E-state index is 0.570. The second-order valence-electron chi connectivity index (χ2n) is 5.10. The predicted octanol–water partition coefficient (Wildman–Crippen LogP) is 3.20. The zero-order chi connectivity index (χ0) is 13.0. The Labute approximate surface area is 117 Å². The quantitative estimate of drug-likeness (QED) is 0.620. The number of rotatable bonds is 7. The highest BCUT2D eigenvalue weighted by molar-refractivity contribution is 9.10. The van der Waals surface area contributed by atoms with E-state index < -0.39 is 0 Å². The van der Waals surface area contributed by atoms with Crippen LogP contribution in [0.25, 0.3) is 0 Å². The summed E-state index contributed by atoms with van der Waals surface area (Å²) >= 11 is 3.43. The Bertz CT molecular complexity index is 394. The van der Waals surface area contributed by atoms with Gasteiger partial charge in [0, 0.05) is 25.1 Å². The van der Waals surface area contributed by atoms with Crippen molar-refractivity contribution < 1.29 is 4.74 Å². The van der Waals surface area contributed by atoms with E-state index in [4.69, 9.17) is 4.74 Å². The smallest absolute Gasteiger partial charge is 0.135 e. The molecule has 100 valence electrons. The van der Waals surface area contributed by atoms with Gasteiger partial charge in [-0.25, -0.2) is 9.97 Å². The van der Waals surface area contributed by atoms with Crippen molar-refractivity contribution in [2.24, 2.45) is 5.92 Å². The van der Waals surface area contributed by atoms with E-state index in [-0.39, 0.29) is 0 Å². The fraction of sp³-hybridized carbons (Fsp3) is 0.692. The van der Waals surface area contributed by atoms with Gasteiger partial charge in [0.1, 0.15) is 16.2 Å². The van der Waals surface area contributed by atoms with Crippen molar-refractivity contribution in [3.63, 3.8) is 0 Å². The number of halogens is 1. The lowest BCUT2D eigenvalue weighted by atomic mass is 10.2. The maximum absolute atomic E-state index is 5.52. The van der Waals surface area contributed by atoms with E-state index in [0.29, 0.717) is 18.4 Å². The molecule has 1 heterocycles. The molecule has 0 bridgehead atoms. The molecule has 1 saturated carbocycles. The van der Waals surface area contributed by atoms with Crippen molar-refractivity contribution in [3.8, 4) is 0 Å². The van der Waals surface area contributed by atoms with Crippen molar-refractivity contribution in [2.75, 3.05) is 25.1 Å². The first-order valence-electron chi connectivity index (χ1n) is 6.51. The monoisotopic (exact) mass is 313 g/mol. The summed E-state index contributed by atoms with van der Waals surface area (Å²) in [6, 6.07) is 1.91. The van der Waals surface area contributed by atoms with Crippen LogP contribution >= 0.6 is 15.9 Å². The Morgan fingerprint density at radius 1 is 1.44 bits per heavy atom. The van der Waals surface area contributed by atoms with Gasteiger partial charge in [-0.3, -0.25) is 0 Å². The minimum atomic E-state index is 0.570. The summed E-state index contributed by atoms with van der Waals surface area (Å²) in [4.78, 5) is 8.92. The Kier molecular flexibility index (Phi) is 4.95. The average molecular weight is 314 g/mol. The van der Waals surface area contributed by atoms with Crippen LogP contribution in [0.4, 0.5) is 5.82 Å². The highest BCUT2D eigenvalue weighted by Gasteiger charge is 2.27. The molecule has 0 aliphatic heterocycles. The van der Waals surface area contributed by atoms with Gasteiger partial charge in [-0.2, -0.15) is 0 Å². The number of aromatic nitrogens is 2. The van der Waals surface area contributed by atoms with Gasteiger partial charge in [-0.15, -0.1) is 0 Å². The standard InChI is InChI=1S/C13H20BrN3O/c1-9(2)8-18-6-5-15-12-7-11(14)16-13(17-12)10-3-4-10/h7,9-10H,3-6,8H2,1-2H3,(H,15,16,17). The Hall–Kier alpha value is -0.680. The van der Waals surface area contributed by atoms with Gasteiger partial charge in [-0.05, 0) is 34.7 Å². The highest BCUT2D eigenvalue weighted by atomic mass is 79.9. The van der Waals surface area contributed by atoms with Crippen molar-refractivity contribution >= 4 is 21.7 Å². The Morgan fingerprint density at radius 2 is 2.22 bits per heavy atom. The molecule has 0 spiro atoms. The lowest BCUT2D eigenvalue weighted by Gasteiger charge is -2.09. The SMILES string of the molecule is CC(C)COCCNc1cc(Br)nc(C2CC2)n1. The number of ether oxygens (including phenoxy) is 1. The highest BCUT2D eigenvalue weighted by Crippen LogP contribution is 2.38. The summed E-state index contributed by atoms with van der Waals surface area (Å²) in [6.07, 6.45) is 2.43. The third kappa shape index (κ3) is 4.53.